The Morgan fingerprint density at radius 2 is 1.07 bits per heavy atom. The van der Waals surface area contributed by atoms with Crippen molar-refractivity contribution in [1.29, 1.82) is 0 Å². The number of carbonyl (C=O) groups excluding carboxylic acids is 2. The lowest BCUT2D eigenvalue weighted by atomic mass is 10.2. The number of phenols is 4. The summed E-state index contributed by atoms with van der Waals surface area (Å²) in [4.78, 5) is 23.8. The molecule has 2 aromatic carbocycles. The van der Waals surface area contributed by atoms with E-state index in [-0.39, 0.29) is 23.0 Å². The van der Waals surface area contributed by atoms with Crippen LogP contribution in [0.1, 0.15) is 25.0 Å². The van der Waals surface area contributed by atoms with Gasteiger partial charge in [0.2, 0.25) is 0 Å². The van der Waals surface area contributed by atoms with Crippen molar-refractivity contribution in [3.63, 3.8) is 0 Å². The first-order valence-electron chi connectivity index (χ1n) is 8.97. The van der Waals surface area contributed by atoms with Crippen molar-refractivity contribution < 1.29 is 39.5 Å². The zero-order valence-electron chi connectivity index (χ0n) is 16.4. The number of ether oxygens (including phenoxy) is 2. The molecule has 0 aliphatic carbocycles. The van der Waals surface area contributed by atoms with Gasteiger partial charge in [-0.2, -0.15) is 0 Å². The molecule has 0 amide bonds. The van der Waals surface area contributed by atoms with E-state index >= 15 is 0 Å². The van der Waals surface area contributed by atoms with Crippen molar-refractivity contribution in [2.45, 2.75) is 26.1 Å². The molecule has 4 N–H and O–H groups in total. The van der Waals surface area contributed by atoms with Gasteiger partial charge in [-0.1, -0.05) is 12.1 Å². The van der Waals surface area contributed by atoms with Gasteiger partial charge >= 0.3 is 11.9 Å². The number of carbonyl (C=O) groups is 2. The van der Waals surface area contributed by atoms with Crippen molar-refractivity contribution in [2.24, 2.45) is 0 Å². The van der Waals surface area contributed by atoms with Gasteiger partial charge < -0.3 is 29.9 Å². The number of benzene rings is 2. The van der Waals surface area contributed by atoms with Gasteiger partial charge in [-0.15, -0.1) is 0 Å². The van der Waals surface area contributed by atoms with Gasteiger partial charge in [-0.05, 0) is 61.4 Å². The molecule has 0 unspecified atom stereocenters. The summed E-state index contributed by atoms with van der Waals surface area (Å²) in [5, 5.41) is 37.4. The fourth-order valence-corrected chi connectivity index (χ4v) is 2.25. The molecule has 0 fully saturated rings. The van der Waals surface area contributed by atoms with E-state index in [2.05, 4.69) is 0 Å². The minimum absolute atomic E-state index is 0.268. The summed E-state index contributed by atoms with van der Waals surface area (Å²) in [6.07, 6.45) is 3.64. The molecule has 0 aliphatic rings. The fourth-order valence-electron chi connectivity index (χ4n) is 2.25. The van der Waals surface area contributed by atoms with E-state index in [1.165, 1.54) is 48.6 Å². The number of rotatable bonds is 7. The highest BCUT2D eigenvalue weighted by molar-refractivity contribution is 5.88. The van der Waals surface area contributed by atoms with Crippen molar-refractivity contribution in [2.75, 3.05) is 0 Å². The molecule has 0 aromatic heterocycles. The lowest BCUT2D eigenvalue weighted by molar-refractivity contribution is -0.158. The molecular formula is C22H22O8. The Labute approximate surface area is 172 Å². The van der Waals surface area contributed by atoms with Crippen LogP contribution in [-0.2, 0) is 19.1 Å². The van der Waals surface area contributed by atoms with Crippen LogP contribution in [0.4, 0.5) is 0 Å². The molecule has 0 spiro atoms. The maximum absolute atomic E-state index is 11.9. The third-order valence-electron chi connectivity index (χ3n) is 4.09. The molecule has 30 heavy (non-hydrogen) atoms. The average Bonchev–Trinajstić information content (AvgIpc) is 2.69. The lowest BCUT2D eigenvalue weighted by Gasteiger charge is -2.19. The van der Waals surface area contributed by atoms with E-state index in [9.17, 15) is 30.0 Å². The van der Waals surface area contributed by atoms with Gasteiger partial charge in [0.05, 0.1) is 0 Å². The van der Waals surface area contributed by atoms with Crippen molar-refractivity contribution in [3.05, 3.63) is 59.7 Å². The predicted octanol–water partition coefficient (Wildman–Crippen LogP) is 3.10. The van der Waals surface area contributed by atoms with Crippen molar-refractivity contribution >= 4 is 24.1 Å². The summed E-state index contributed by atoms with van der Waals surface area (Å²) in [5.74, 6) is -2.50. The summed E-state index contributed by atoms with van der Waals surface area (Å²) in [6, 6.07) is 8.16. The fraction of sp³-hybridized carbons (Fsp3) is 0.182. The number of aromatic hydroxyl groups is 4. The van der Waals surface area contributed by atoms with Gasteiger partial charge in [-0.3, -0.25) is 0 Å². The van der Waals surface area contributed by atoms with E-state index in [1.54, 1.807) is 13.8 Å². The Morgan fingerprint density at radius 1 is 0.700 bits per heavy atom. The molecule has 0 aliphatic heterocycles. The summed E-state index contributed by atoms with van der Waals surface area (Å²) in [6.45, 7) is 3.13. The highest BCUT2D eigenvalue weighted by atomic mass is 16.6. The second-order valence-electron chi connectivity index (χ2n) is 6.45. The second kappa shape index (κ2) is 10.0. The largest absolute Gasteiger partial charge is 0.504 e. The Kier molecular flexibility index (Phi) is 7.46. The number of esters is 2. The summed E-state index contributed by atoms with van der Waals surface area (Å²) < 4.78 is 10.4. The normalized spacial score (nSPS) is 13.3. The van der Waals surface area contributed by atoms with Crippen LogP contribution >= 0.6 is 0 Å². The first-order valence-corrected chi connectivity index (χ1v) is 8.97. The maximum Gasteiger partial charge on any atom is 0.331 e. The number of phenolic OH excluding ortho intramolecular Hbond substituents is 4. The summed E-state index contributed by atoms with van der Waals surface area (Å²) in [7, 11) is 0. The van der Waals surface area contributed by atoms with Crippen LogP contribution in [0, 0.1) is 0 Å². The first-order chi connectivity index (χ1) is 14.2. The van der Waals surface area contributed by atoms with Crippen LogP contribution in [0.25, 0.3) is 12.2 Å². The van der Waals surface area contributed by atoms with Gasteiger partial charge in [0.25, 0.3) is 0 Å². The Morgan fingerprint density at radius 3 is 1.40 bits per heavy atom. The molecule has 8 heteroatoms. The molecule has 0 bridgehead atoms. The monoisotopic (exact) mass is 414 g/mol. The highest BCUT2D eigenvalue weighted by Crippen LogP contribution is 2.26. The van der Waals surface area contributed by atoms with Crippen LogP contribution in [0.5, 0.6) is 23.0 Å². The van der Waals surface area contributed by atoms with Crippen molar-refractivity contribution in [3.8, 4) is 23.0 Å². The lowest BCUT2D eigenvalue weighted by Crippen LogP contribution is -2.29. The molecule has 2 aromatic rings. The molecular weight excluding hydrogens is 392 g/mol. The maximum atomic E-state index is 11.9. The minimum Gasteiger partial charge on any atom is -0.504 e. The van der Waals surface area contributed by atoms with Crippen LogP contribution in [0.15, 0.2) is 48.6 Å². The molecule has 0 radical (unpaired) electrons. The van der Waals surface area contributed by atoms with Crippen LogP contribution in [-0.4, -0.2) is 44.6 Å². The molecule has 8 nitrogen and oxygen atoms in total. The van der Waals surface area contributed by atoms with E-state index in [0.717, 1.165) is 12.2 Å². The second-order valence-corrected chi connectivity index (χ2v) is 6.45. The van der Waals surface area contributed by atoms with Crippen LogP contribution < -0.4 is 0 Å². The SMILES string of the molecule is C[C@@H](OC(=O)/C=C/c1ccc(O)c(O)c1)[C@@H](C)OC(=O)/C=C/c1ccc(O)c(O)c1. The topological polar surface area (TPSA) is 134 Å². The third kappa shape index (κ3) is 6.59. The van der Waals surface area contributed by atoms with E-state index in [4.69, 9.17) is 9.47 Å². The molecule has 0 heterocycles. The standard InChI is InChI=1S/C22H22O8/c1-13(29-21(27)9-5-15-3-7-17(23)19(25)11-15)14(2)30-22(28)10-6-16-4-8-18(24)20(26)12-16/h3-14,23-26H,1-2H3/b9-5+,10-6+/t13-,14-/m1/s1. The number of hydrogen-bond donors (Lipinski definition) is 4. The van der Waals surface area contributed by atoms with Gasteiger partial charge in [0, 0.05) is 12.2 Å². The zero-order valence-corrected chi connectivity index (χ0v) is 16.4. The van der Waals surface area contributed by atoms with Gasteiger partial charge in [-0.25, -0.2) is 9.59 Å². The number of hydrogen-bond acceptors (Lipinski definition) is 8. The quantitative estimate of drug-likeness (QED) is 0.309. The Balaban J connectivity index is 1.85. The Bertz CT molecular complexity index is 898. The van der Waals surface area contributed by atoms with Crippen LogP contribution in [0.2, 0.25) is 0 Å². The van der Waals surface area contributed by atoms with Gasteiger partial charge in [0.1, 0.15) is 12.2 Å². The first kappa shape index (κ1) is 22.4. The highest BCUT2D eigenvalue weighted by Gasteiger charge is 2.19. The molecule has 158 valence electrons. The Hall–Kier alpha value is -3.94. The van der Waals surface area contributed by atoms with E-state index < -0.39 is 24.1 Å². The summed E-state index contributed by atoms with van der Waals surface area (Å²) >= 11 is 0. The van der Waals surface area contributed by atoms with Crippen molar-refractivity contribution in [1.82, 2.24) is 0 Å². The van der Waals surface area contributed by atoms with Crippen LogP contribution in [0.3, 0.4) is 0 Å². The van der Waals surface area contributed by atoms with E-state index in [0.29, 0.717) is 11.1 Å². The average molecular weight is 414 g/mol. The molecule has 0 saturated heterocycles. The predicted molar refractivity (Wildman–Crippen MR) is 109 cm³/mol. The third-order valence-corrected chi connectivity index (χ3v) is 4.09. The molecule has 2 rings (SSSR count). The zero-order chi connectivity index (χ0) is 22.3. The molecule has 2 atom stereocenters. The smallest absolute Gasteiger partial charge is 0.331 e. The minimum atomic E-state index is -0.731. The van der Waals surface area contributed by atoms with E-state index in [1.807, 2.05) is 0 Å². The molecule has 0 saturated carbocycles. The summed E-state index contributed by atoms with van der Waals surface area (Å²) in [5.41, 5.74) is 0.972. The van der Waals surface area contributed by atoms with Gasteiger partial charge in [0.15, 0.2) is 23.0 Å².